The molecule has 140 valence electrons. The van der Waals surface area contributed by atoms with Crippen molar-refractivity contribution in [2.24, 2.45) is 5.92 Å². The number of rotatable bonds is 5. The van der Waals surface area contributed by atoms with Crippen LogP contribution in [0.25, 0.3) is 0 Å². The number of methoxy groups -OCH3 is 1. The van der Waals surface area contributed by atoms with Crippen molar-refractivity contribution in [2.45, 2.75) is 12.5 Å². The molecule has 1 aliphatic rings. The van der Waals surface area contributed by atoms with Gasteiger partial charge >= 0.3 is 17.6 Å². The second-order valence-electron chi connectivity index (χ2n) is 5.75. The molecule has 0 amide bonds. The molecule has 1 aliphatic heterocycles. The number of esters is 2. The van der Waals surface area contributed by atoms with E-state index in [1.165, 1.54) is 7.11 Å². The third-order valence-corrected chi connectivity index (χ3v) is 4.09. The van der Waals surface area contributed by atoms with E-state index in [-0.39, 0.29) is 6.42 Å². The van der Waals surface area contributed by atoms with Crippen LogP contribution in [0.4, 0.5) is 10.1 Å². The van der Waals surface area contributed by atoms with E-state index in [9.17, 15) is 24.1 Å². The van der Waals surface area contributed by atoms with Gasteiger partial charge < -0.3 is 14.2 Å². The Hall–Kier alpha value is -3.49. The summed E-state index contributed by atoms with van der Waals surface area (Å²) in [5, 5.41) is 11.1. The molecule has 2 aromatic carbocycles. The van der Waals surface area contributed by atoms with E-state index in [1.807, 2.05) is 0 Å². The molecule has 0 aliphatic carbocycles. The van der Waals surface area contributed by atoms with E-state index in [0.717, 1.165) is 18.2 Å². The van der Waals surface area contributed by atoms with E-state index in [2.05, 4.69) is 0 Å². The lowest BCUT2D eigenvalue weighted by atomic mass is 9.94. The number of benzene rings is 2. The third kappa shape index (κ3) is 3.71. The average molecular weight is 375 g/mol. The first-order valence-corrected chi connectivity index (χ1v) is 7.88. The molecule has 1 fully saturated rings. The lowest BCUT2D eigenvalue weighted by Crippen LogP contribution is -2.24. The van der Waals surface area contributed by atoms with Crippen molar-refractivity contribution in [2.75, 3.05) is 7.11 Å². The summed E-state index contributed by atoms with van der Waals surface area (Å²) in [5.74, 6) is -3.55. The summed E-state index contributed by atoms with van der Waals surface area (Å²) < 4.78 is 28.9. The predicted octanol–water partition coefficient (Wildman–Crippen LogP) is 2.95. The van der Waals surface area contributed by atoms with Crippen LogP contribution in [0.1, 0.15) is 18.1 Å². The maximum absolute atomic E-state index is 13.4. The van der Waals surface area contributed by atoms with Crippen molar-refractivity contribution in [3.05, 3.63) is 64.0 Å². The second kappa shape index (κ2) is 7.40. The van der Waals surface area contributed by atoms with Crippen LogP contribution in [0, 0.1) is 21.8 Å². The van der Waals surface area contributed by atoms with Gasteiger partial charge in [0, 0.05) is 17.7 Å². The number of hydrogen-bond acceptors (Lipinski definition) is 7. The summed E-state index contributed by atoms with van der Waals surface area (Å²) in [7, 11) is 1.43. The molecule has 0 N–H and O–H groups in total. The van der Waals surface area contributed by atoms with E-state index < -0.39 is 46.1 Å². The highest BCUT2D eigenvalue weighted by Gasteiger charge is 2.43. The number of ether oxygens (including phenoxy) is 3. The molecule has 0 unspecified atom stereocenters. The minimum absolute atomic E-state index is 0.273. The number of nitro benzene ring substituents is 1. The first-order chi connectivity index (χ1) is 12.9. The summed E-state index contributed by atoms with van der Waals surface area (Å²) in [4.78, 5) is 34.6. The number of halogens is 1. The Bertz CT molecular complexity index is 914. The van der Waals surface area contributed by atoms with Crippen LogP contribution in [0.3, 0.4) is 0 Å². The lowest BCUT2D eigenvalue weighted by molar-refractivity contribution is -0.385. The normalized spacial score (nSPS) is 18.7. The van der Waals surface area contributed by atoms with Crippen molar-refractivity contribution in [3.8, 4) is 11.5 Å². The standard InChI is InChI=1S/C18H14FNO7/c1-25-14-5-3-2-4-11(14)17-12(9-16(21)27-17)18(22)26-15-8-10(19)6-7-13(15)20(23)24/h2-8,12,17H,9H2,1H3/t12-,17-/m1/s1. The number of cyclic esters (lactones) is 1. The molecule has 2 atom stereocenters. The number of carbonyl (C=O) groups is 2. The molecule has 0 radical (unpaired) electrons. The first kappa shape index (κ1) is 18.3. The van der Waals surface area contributed by atoms with E-state index in [4.69, 9.17) is 14.2 Å². The maximum atomic E-state index is 13.4. The molecule has 0 aromatic heterocycles. The molecule has 0 saturated carbocycles. The molecule has 3 rings (SSSR count). The predicted molar refractivity (Wildman–Crippen MR) is 88.6 cm³/mol. The number of nitrogens with zero attached hydrogens (tertiary/aromatic N) is 1. The summed E-state index contributed by atoms with van der Waals surface area (Å²) in [5.41, 5.74) is -0.106. The van der Waals surface area contributed by atoms with Gasteiger partial charge in [-0.25, -0.2) is 4.39 Å². The fraction of sp³-hybridized carbons (Fsp3) is 0.222. The SMILES string of the molecule is COc1ccccc1[C@H]1OC(=O)C[C@H]1C(=O)Oc1cc(F)ccc1[N+](=O)[O-]. The van der Waals surface area contributed by atoms with Crippen molar-refractivity contribution in [1.82, 2.24) is 0 Å². The Morgan fingerprint density at radius 1 is 1.26 bits per heavy atom. The van der Waals surface area contributed by atoms with E-state index in [0.29, 0.717) is 11.3 Å². The molecule has 1 saturated heterocycles. The molecule has 2 aromatic rings. The molecule has 8 nitrogen and oxygen atoms in total. The van der Waals surface area contributed by atoms with Crippen molar-refractivity contribution >= 4 is 17.6 Å². The van der Waals surface area contributed by atoms with Gasteiger partial charge in [-0.1, -0.05) is 18.2 Å². The van der Waals surface area contributed by atoms with Gasteiger partial charge in [0.2, 0.25) is 5.75 Å². The van der Waals surface area contributed by atoms with Crippen LogP contribution in [-0.4, -0.2) is 24.0 Å². The van der Waals surface area contributed by atoms with Crippen molar-refractivity contribution < 1.29 is 33.1 Å². The van der Waals surface area contributed by atoms with Gasteiger partial charge in [0.15, 0.2) is 0 Å². The monoisotopic (exact) mass is 375 g/mol. The minimum Gasteiger partial charge on any atom is -0.496 e. The molecular formula is C18H14FNO7. The van der Waals surface area contributed by atoms with Gasteiger partial charge in [-0.05, 0) is 12.1 Å². The van der Waals surface area contributed by atoms with Gasteiger partial charge in [-0.3, -0.25) is 19.7 Å². The summed E-state index contributed by atoms with van der Waals surface area (Å²) in [6.07, 6.45) is -1.25. The fourth-order valence-corrected chi connectivity index (χ4v) is 2.85. The Labute approximate surface area is 152 Å². The molecular weight excluding hydrogens is 361 g/mol. The Kier molecular flexibility index (Phi) is 5.02. The summed E-state index contributed by atoms with van der Waals surface area (Å²) >= 11 is 0. The maximum Gasteiger partial charge on any atom is 0.319 e. The van der Waals surface area contributed by atoms with Crippen LogP contribution < -0.4 is 9.47 Å². The van der Waals surface area contributed by atoms with E-state index in [1.54, 1.807) is 24.3 Å². The largest absolute Gasteiger partial charge is 0.496 e. The van der Waals surface area contributed by atoms with Gasteiger partial charge in [0.05, 0.1) is 18.5 Å². The van der Waals surface area contributed by atoms with Gasteiger partial charge in [0.1, 0.15) is 23.6 Å². The van der Waals surface area contributed by atoms with E-state index >= 15 is 0 Å². The van der Waals surface area contributed by atoms with Crippen LogP contribution in [-0.2, 0) is 14.3 Å². The number of carbonyl (C=O) groups excluding carboxylic acids is 2. The van der Waals surface area contributed by atoms with Crippen LogP contribution >= 0.6 is 0 Å². The highest BCUT2D eigenvalue weighted by Crippen LogP contribution is 2.41. The number of hydrogen-bond donors (Lipinski definition) is 0. The number of nitro groups is 1. The minimum atomic E-state index is -1.06. The molecule has 0 bridgehead atoms. The molecule has 9 heteroatoms. The Balaban J connectivity index is 1.91. The zero-order valence-corrected chi connectivity index (χ0v) is 14.1. The molecule has 1 heterocycles. The first-order valence-electron chi connectivity index (χ1n) is 7.88. The lowest BCUT2D eigenvalue weighted by Gasteiger charge is -2.19. The van der Waals surface area contributed by atoms with Gasteiger partial charge in [-0.2, -0.15) is 0 Å². The highest BCUT2D eigenvalue weighted by atomic mass is 19.1. The van der Waals surface area contributed by atoms with Gasteiger partial charge in [-0.15, -0.1) is 0 Å². The van der Waals surface area contributed by atoms with Crippen molar-refractivity contribution in [3.63, 3.8) is 0 Å². The van der Waals surface area contributed by atoms with Gasteiger partial charge in [0.25, 0.3) is 0 Å². The quantitative estimate of drug-likeness (QED) is 0.342. The Morgan fingerprint density at radius 3 is 2.70 bits per heavy atom. The highest BCUT2D eigenvalue weighted by molar-refractivity contribution is 5.85. The third-order valence-electron chi connectivity index (χ3n) is 4.09. The van der Waals surface area contributed by atoms with Crippen LogP contribution in [0.2, 0.25) is 0 Å². The zero-order chi connectivity index (χ0) is 19.6. The topological polar surface area (TPSA) is 105 Å². The fourth-order valence-electron chi connectivity index (χ4n) is 2.85. The molecule has 0 spiro atoms. The zero-order valence-electron chi connectivity index (χ0n) is 14.1. The number of para-hydroxylation sites is 1. The molecule has 27 heavy (non-hydrogen) atoms. The second-order valence-corrected chi connectivity index (χ2v) is 5.75. The Morgan fingerprint density at radius 2 is 2.00 bits per heavy atom. The smallest absolute Gasteiger partial charge is 0.319 e. The van der Waals surface area contributed by atoms with Crippen molar-refractivity contribution in [1.29, 1.82) is 0 Å². The average Bonchev–Trinajstić information content (AvgIpc) is 3.03. The van der Waals surface area contributed by atoms with Crippen LogP contribution in [0.15, 0.2) is 42.5 Å². The summed E-state index contributed by atoms with van der Waals surface area (Å²) in [6, 6.07) is 9.19. The van der Waals surface area contributed by atoms with Crippen LogP contribution in [0.5, 0.6) is 11.5 Å². The summed E-state index contributed by atoms with van der Waals surface area (Å²) in [6.45, 7) is 0.